The monoisotopic (exact) mass is 241 g/mol. The normalized spacial score (nSPS) is 10.0. The maximum Gasteiger partial charge on any atom is 0.122 e. The Morgan fingerprint density at radius 3 is 2.61 bits per heavy atom. The fourth-order valence-corrected chi connectivity index (χ4v) is 1.56. The Balaban J connectivity index is 1.85. The molecule has 0 saturated heterocycles. The second-order valence-corrected chi connectivity index (χ2v) is 3.90. The molecule has 4 heteroatoms. The van der Waals surface area contributed by atoms with E-state index in [4.69, 9.17) is 15.9 Å². The third-order valence-corrected chi connectivity index (χ3v) is 2.55. The van der Waals surface area contributed by atoms with Crippen LogP contribution in [0.2, 0.25) is 0 Å². The van der Waals surface area contributed by atoms with Gasteiger partial charge in [0.15, 0.2) is 0 Å². The Kier molecular flexibility index (Phi) is 3.91. The van der Waals surface area contributed by atoms with Crippen molar-refractivity contribution in [2.24, 2.45) is 5.73 Å². The van der Waals surface area contributed by atoms with Crippen molar-refractivity contribution in [3.63, 3.8) is 0 Å². The molecular weight excluding hydrogens is 226 g/mol. The summed E-state index contributed by atoms with van der Waals surface area (Å²) in [4.78, 5) is 4.05. The second-order valence-electron chi connectivity index (χ2n) is 3.90. The third kappa shape index (κ3) is 3.31. The first kappa shape index (κ1) is 12.1. The van der Waals surface area contributed by atoms with Crippen molar-refractivity contribution in [3.05, 3.63) is 59.9 Å². The van der Waals surface area contributed by atoms with Gasteiger partial charge >= 0.3 is 0 Å². The highest BCUT2D eigenvalue weighted by Gasteiger charge is 1.98. The molecule has 0 atom stereocenters. The van der Waals surface area contributed by atoms with E-state index in [-0.39, 0.29) is 5.84 Å². The van der Waals surface area contributed by atoms with Crippen LogP contribution in [0.5, 0.6) is 5.75 Å². The van der Waals surface area contributed by atoms with Crippen molar-refractivity contribution in [3.8, 4) is 5.75 Å². The van der Waals surface area contributed by atoms with E-state index >= 15 is 0 Å². The largest absolute Gasteiger partial charge is 0.493 e. The van der Waals surface area contributed by atoms with Crippen LogP contribution in [0.4, 0.5) is 0 Å². The zero-order valence-electron chi connectivity index (χ0n) is 9.97. The van der Waals surface area contributed by atoms with Crippen molar-refractivity contribution in [1.29, 1.82) is 5.41 Å². The lowest BCUT2D eigenvalue weighted by Gasteiger charge is -2.06. The molecule has 0 aliphatic carbocycles. The molecule has 18 heavy (non-hydrogen) atoms. The summed E-state index contributed by atoms with van der Waals surface area (Å²) in [6.45, 7) is 0.602. The van der Waals surface area contributed by atoms with Gasteiger partial charge in [-0.15, -0.1) is 0 Å². The smallest absolute Gasteiger partial charge is 0.122 e. The van der Waals surface area contributed by atoms with E-state index in [0.717, 1.165) is 17.7 Å². The van der Waals surface area contributed by atoms with Crippen LogP contribution in [0.1, 0.15) is 11.1 Å². The van der Waals surface area contributed by atoms with Gasteiger partial charge in [0.25, 0.3) is 0 Å². The lowest BCUT2D eigenvalue weighted by Crippen LogP contribution is -2.10. The number of hydrogen-bond acceptors (Lipinski definition) is 3. The van der Waals surface area contributed by atoms with Crippen molar-refractivity contribution >= 4 is 5.84 Å². The number of pyridine rings is 1. The molecule has 4 nitrogen and oxygen atoms in total. The van der Waals surface area contributed by atoms with Gasteiger partial charge in [-0.2, -0.15) is 0 Å². The first-order valence-electron chi connectivity index (χ1n) is 5.72. The van der Waals surface area contributed by atoms with Crippen molar-refractivity contribution in [2.45, 2.75) is 6.42 Å². The maximum atomic E-state index is 7.29. The Morgan fingerprint density at radius 2 is 2.00 bits per heavy atom. The van der Waals surface area contributed by atoms with Crippen molar-refractivity contribution in [2.75, 3.05) is 6.61 Å². The van der Waals surface area contributed by atoms with Crippen LogP contribution in [0.3, 0.4) is 0 Å². The predicted molar refractivity (Wildman–Crippen MR) is 70.9 cm³/mol. The topological polar surface area (TPSA) is 72.0 Å². The highest BCUT2D eigenvalue weighted by Crippen LogP contribution is 2.12. The number of hydrogen-bond donors (Lipinski definition) is 2. The number of nitrogen functional groups attached to an aromatic ring is 1. The maximum absolute atomic E-state index is 7.29. The third-order valence-electron chi connectivity index (χ3n) is 2.55. The van der Waals surface area contributed by atoms with Gasteiger partial charge in [0.05, 0.1) is 6.61 Å². The van der Waals surface area contributed by atoms with Crippen LogP contribution >= 0.6 is 0 Å². The van der Waals surface area contributed by atoms with E-state index < -0.39 is 0 Å². The number of benzene rings is 1. The van der Waals surface area contributed by atoms with Crippen LogP contribution in [-0.2, 0) is 6.42 Å². The van der Waals surface area contributed by atoms with E-state index in [1.807, 2.05) is 30.5 Å². The van der Waals surface area contributed by atoms with E-state index in [1.54, 1.807) is 18.3 Å². The summed E-state index contributed by atoms with van der Waals surface area (Å²) in [7, 11) is 0. The first-order valence-corrected chi connectivity index (χ1v) is 5.72. The van der Waals surface area contributed by atoms with Gasteiger partial charge in [0.2, 0.25) is 0 Å². The van der Waals surface area contributed by atoms with Crippen molar-refractivity contribution in [1.82, 2.24) is 4.98 Å². The molecule has 0 radical (unpaired) electrons. The number of rotatable bonds is 5. The summed E-state index contributed by atoms with van der Waals surface area (Å²) in [5.74, 6) is 0.848. The highest BCUT2D eigenvalue weighted by molar-refractivity contribution is 5.94. The summed E-state index contributed by atoms with van der Waals surface area (Å²) in [5, 5.41) is 7.29. The van der Waals surface area contributed by atoms with E-state index in [0.29, 0.717) is 12.2 Å². The summed E-state index contributed by atoms with van der Waals surface area (Å²) in [6.07, 6.45) is 4.41. The Bertz CT molecular complexity index is 508. The standard InChI is InChI=1S/C14H15N3O/c15-14(16)12-3-5-13(6-4-12)18-9-7-11-2-1-8-17-10-11/h1-6,8,10H,7,9H2,(H3,15,16). The Hall–Kier alpha value is -2.36. The lowest BCUT2D eigenvalue weighted by atomic mass is 10.2. The minimum atomic E-state index is 0.0666. The Morgan fingerprint density at radius 1 is 1.22 bits per heavy atom. The summed E-state index contributed by atoms with van der Waals surface area (Å²) in [6, 6.07) is 11.1. The number of nitrogens with zero attached hydrogens (tertiary/aromatic N) is 1. The molecule has 1 aromatic heterocycles. The molecule has 0 bridgehead atoms. The fourth-order valence-electron chi connectivity index (χ4n) is 1.56. The quantitative estimate of drug-likeness (QED) is 0.621. The van der Waals surface area contributed by atoms with Crippen LogP contribution in [0, 0.1) is 5.41 Å². The SMILES string of the molecule is N=C(N)c1ccc(OCCc2cccnc2)cc1. The lowest BCUT2D eigenvalue weighted by molar-refractivity contribution is 0.322. The minimum Gasteiger partial charge on any atom is -0.493 e. The molecule has 0 saturated carbocycles. The number of amidine groups is 1. The molecule has 0 unspecified atom stereocenters. The molecule has 1 aromatic carbocycles. The molecule has 0 spiro atoms. The molecule has 0 amide bonds. The average molecular weight is 241 g/mol. The molecule has 2 aromatic rings. The number of ether oxygens (including phenoxy) is 1. The summed E-state index contributed by atoms with van der Waals surface area (Å²) >= 11 is 0. The molecule has 0 fully saturated rings. The van der Waals surface area contributed by atoms with Gasteiger partial charge in [-0.1, -0.05) is 6.07 Å². The average Bonchev–Trinajstić information content (AvgIpc) is 2.40. The van der Waals surface area contributed by atoms with Gasteiger partial charge in [0, 0.05) is 24.4 Å². The summed E-state index contributed by atoms with van der Waals surface area (Å²) in [5.41, 5.74) is 7.23. The molecule has 1 heterocycles. The molecule has 3 N–H and O–H groups in total. The fraction of sp³-hybridized carbons (Fsp3) is 0.143. The number of aromatic nitrogens is 1. The van der Waals surface area contributed by atoms with Crippen LogP contribution in [0.15, 0.2) is 48.8 Å². The predicted octanol–water partition coefficient (Wildman–Crippen LogP) is 1.99. The molecule has 92 valence electrons. The second kappa shape index (κ2) is 5.82. The van der Waals surface area contributed by atoms with Gasteiger partial charge in [-0.05, 0) is 35.9 Å². The molecule has 0 aliphatic heterocycles. The highest BCUT2D eigenvalue weighted by atomic mass is 16.5. The molecule has 0 aliphatic rings. The number of nitrogens with one attached hydrogen (secondary N) is 1. The van der Waals surface area contributed by atoms with Crippen LogP contribution < -0.4 is 10.5 Å². The molecule has 2 rings (SSSR count). The van der Waals surface area contributed by atoms with E-state index in [1.165, 1.54) is 0 Å². The number of nitrogens with two attached hydrogens (primary N) is 1. The Labute approximate surface area is 106 Å². The van der Waals surface area contributed by atoms with Gasteiger partial charge < -0.3 is 10.5 Å². The van der Waals surface area contributed by atoms with Crippen molar-refractivity contribution < 1.29 is 4.74 Å². The summed E-state index contributed by atoms with van der Waals surface area (Å²) < 4.78 is 5.61. The van der Waals surface area contributed by atoms with Crippen LogP contribution in [-0.4, -0.2) is 17.4 Å². The molecular formula is C14H15N3O. The minimum absolute atomic E-state index is 0.0666. The van der Waals surface area contributed by atoms with Gasteiger partial charge in [0.1, 0.15) is 11.6 Å². The zero-order chi connectivity index (χ0) is 12.8. The van der Waals surface area contributed by atoms with Gasteiger partial charge in [-0.25, -0.2) is 0 Å². The first-order chi connectivity index (χ1) is 8.75. The van der Waals surface area contributed by atoms with E-state index in [9.17, 15) is 0 Å². The van der Waals surface area contributed by atoms with E-state index in [2.05, 4.69) is 4.98 Å². The van der Waals surface area contributed by atoms with Gasteiger partial charge in [-0.3, -0.25) is 10.4 Å². The zero-order valence-corrected chi connectivity index (χ0v) is 9.97. The van der Waals surface area contributed by atoms with Crippen LogP contribution in [0.25, 0.3) is 0 Å².